The maximum Gasteiger partial charge on any atom is 0.252 e. The lowest BCUT2D eigenvalue weighted by Gasteiger charge is -2.28. The molecular formula is C13H13BrN2O2S2. The van der Waals surface area contributed by atoms with Crippen molar-refractivity contribution in [1.82, 2.24) is 4.31 Å². The topological polar surface area (TPSA) is 63.4 Å². The van der Waals surface area contributed by atoms with Crippen LogP contribution in [0.15, 0.2) is 38.3 Å². The van der Waals surface area contributed by atoms with E-state index in [1.54, 1.807) is 12.1 Å². The number of anilines is 1. The van der Waals surface area contributed by atoms with Crippen molar-refractivity contribution in [3.05, 3.63) is 45.2 Å². The molecule has 1 aromatic carbocycles. The van der Waals surface area contributed by atoms with Gasteiger partial charge >= 0.3 is 0 Å². The molecule has 20 heavy (non-hydrogen) atoms. The zero-order valence-electron chi connectivity index (χ0n) is 10.5. The third-order valence-corrected chi connectivity index (χ3v) is 7.35. The molecule has 1 aliphatic heterocycles. The Morgan fingerprint density at radius 1 is 1.25 bits per heavy atom. The van der Waals surface area contributed by atoms with Gasteiger partial charge in [-0.05, 0) is 51.7 Å². The van der Waals surface area contributed by atoms with Crippen LogP contribution in [-0.2, 0) is 23.0 Å². The summed E-state index contributed by atoms with van der Waals surface area (Å²) in [5.41, 5.74) is 8.70. The second kappa shape index (κ2) is 5.14. The third-order valence-electron chi connectivity index (χ3n) is 3.42. The predicted molar refractivity (Wildman–Crippen MR) is 84.2 cm³/mol. The monoisotopic (exact) mass is 372 g/mol. The van der Waals surface area contributed by atoms with E-state index in [1.807, 2.05) is 18.2 Å². The smallest absolute Gasteiger partial charge is 0.252 e. The van der Waals surface area contributed by atoms with Crippen molar-refractivity contribution in [2.24, 2.45) is 0 Å². The van der Waals surface area contributed by atoms with Crippen molar-refractivity contribution < 1.29 is 8.42 Å². The van der Waals surface area contributed by atoms with E-state index in [0.29, 0.717) is 29.4 Å². The van der Waals surface area contributed by atoms with Gasteiger partial charge in [0, 0.05) is 18.8 Å². The van der Waals surface area contributed by atoms with Crippen LogP contribution in [0.25, 0.3) is 0 Å². The minimum Gasteiger partial charge on any atom is -0.398 e. The molecular weight excluding hydrogens is 360 g/mol. The molecule has 0 aliphatic carbocycles. The molecule has 2 N–H and O–H groups in total. The quantitative estimate of drug-likeness (QED) is 0.824. The van der Waals surface area contributed by atoms with Crippen LogP contribution < -0.4 is 5.73 Å². The lowest BCUT2D eigenvalue weighted by molar-refractivity contribution is 0.393. The Labute approximate surface area is 130 Å². The first kappa shape index (κ1) is 14.1. The third kappa shape index (κ3) is 2.39. The van der Waals surface area contributed by atoms with Gasteiger partial charge in [0.05, 0.1) is 3.79 Å². The highest BCUT2D eigenvalue weighted by molar-refractivity contribution is 9.11. The molecule has 1 aliphatic rings. The number of hydrogen-bond acceptors (Lipinski definition) is 4. The van der Waals surface area contributed by atoms with Crippen molar-refractivity contribution in [1.29, 1.82) is 0 Å². The summed E-state index contributed by atoms with van der Waals surface area (Å²) in [6.07, 6.45) is 0.701. The van der Waals surface area contributed by atoms with Crippen LogP contribution in [0, 0.1) is 0 Å². The minimum absolute atomic E-state index is 0.347. The number of sulfonamides is 1. The van der Waals surface area contributed by atoms with E-state index in [4.69, 9.17) is 5.73 Å². The maximum atomic E-state index is 12.6. The molecule has 3 rings (SSSR count). The molecule has 7 heteroatoms. The largest absolute Gasteiger partial charge is 0.398 e. The van der Waals surface area contributed by atoms with Crippen LogP contribution in [0.5, 0.6) is 0 Å². The lowest BCUT2D eigenvalue weighted by atomic mass is 10.00. The van der Waals surface area contributed by atoms with Gasteiger partial charge in [-0.2, -0.15) is 4.31 Å². The Morgan fingerprint density at radius 3 is 2.75 bits per heavy atom. The number of nitrogen functional groups attached to an aromatic ring is 1. The Balaban J connectivity index is 1.96. The molecule has 2 heterocycles. The summed E-state index contributed by atoms with van der Waals surface area (Å²) >= 11 is 4.53. The number of benzene rings is 1. The molecule has 0 atom stereocenters. The van der Waals surface area contributed by atoms with Gasteiger partial charge < -0.3 is 5.73 Å². The van der Waals surface area contributed by atoms with Crippen molar-refractivity contribution >= 4 is 43.0 Å². The number of nitrogens with zero attached hydrogens (tertiary/aromatic N) is 1. The van der Waals surface area contributed by atoms with Gasteiger partial charge in [0.25, 0.3) is 10.0 Å². The number of halogens is 1. The average Bonchev–Trinajstić information content (AvgIpc) is 2.86. The summed E-state index contributed by atoms with van der Waals surface area (Å²) < 4.78 is 27.9. The van der Waals surface area contributed by atoms with E-state index < -0.39 is 10.0 Å². The van der Waals surface area contributed by atoms with Crippen molar-refractivity contribution in [3.8, 4) is 0 Å². The van der Waals surface area contributed by atoms with Crippen molar-refractivity contribution in [2.45, 2.75) is 17.2 Å². The second-order valence-corrected chi connectivity index (χ2v) is 9.26. The molecule has 0 saturated heterocycles. The summed E-state index contributed by atoms with van der Waals surface area (Å²) in [7, 11) is -3.43. The molecule has 0 radical (unpaired) electrons. The van der Waals surface area contributed by atoms with Crippen LogP contribution in [0.4, 0.5) is 5.69 Å². The summed E-state index contributed by atoms with van der Waals surface area (Å²) in [6, 6.07) is 9.13. The van der Waals surface area contributed by atoms with Crippen LogP contribution in [0.3, 0.4) is 0 Å². The first-order valence-electron chi connectivity index (χ1n) is 6.10. The zero-order valence-corrected chi connectivity index (χ0v) is 13.8. The van der Waals surface area contributed by atoms with Gasteiger partial charge in [0.2, 0.25) is 0 Å². The predicted octanol–water partition coefficient (Wildman–Crippen LogP) is 2.84. The van der Waals surface area contributed by atoms with Crippen molar-refractivity contribution in [2.75, 3.05) is 12.3 Å². The van der Waals surface area contributed by atoms with Crippen LogP contribution in [0.1, 0.15) is 11.1 Å². The summed E-state index contributed by atoms with van der Waals surface area (Å²) in [5.74, 6) is 0. The Morgan fingerprint density at radius 2 is 2.05 bits per heavy atom. The van der Waals surface area contributed by atoms with E-state index in [-0.39, 0.29) is 0 Å². The van der Waals surface area contributed by atoms with Gasteiger partial charge in [-0.3, -0.25) is 0 Å². The molecule has 0 amide bonds. The van der Waals surface area contributed by atoms with Crippen molar-refractivity contribution in [3.63, 3.8) is 0 Å². The van der Waals surface area contributed by atoms with Gasteiger partial charge in [0.15, 0.2) is 0 Å². The molecule has 0 saturated carbocycles. The van der Waals surface area contributed by atoms with E-state index >= 15 is 0 Å². The molecule has 0 unspecified atom stereocenters. The maximum absolute atomic E-state index is 12.6. The van der Waals surface area contributed by atoms with Crippen LogP contribution >= 0.6 is 27.3 Å². The molecule has 0 spiro atoms. The van der Waals surface area contributed by atoms with E-state index in [9.17, 15) is 8.42 Å². The van der Waals surface area contributed by atoms with Gasteiger partial charge in [0.1, 0.15) is 4.21 Å². The fourth-order valence-corrected chi connectivity index (χ4v) is 5.92. The molecule has 0 bridgehead atoms. The summed E-state index contributed by atoms with van der Waals surface area (Å²) in [6.45, 7) is 0.841. The molecule has 1 aromatic heterocycles. The first-order valence-corrected chi connectivity index (χ1v) is 9.15. The molecule has 4 nitrogen and oxygen atoms in total. The number of rotatable bonds is 2. The van der Waals surface area contributed by atoms with Gasteiger partial charge in [-0.15, -0.1) is 11.3 Å². The standard InChI is InChI=1S/C13H13BrN2O2S2/c14-12-4-5-13(19-12)20(17,18)16-7-6-9-2-1-3-11(15)10(9)8-16/h1-5H,6-8,15H2. The number of nitrogens with two attached hydrogens (primary N) is 1. The Bertz CT molecular complexity index is 755. The molecule has 106 valence electrons. The minimum atomic E-state index is -3.43. The Hall–Kier alpha value is -0.890. The van der Waals surface area contributed by atoms with E-state index in [0.717, 1.165) is 14.9 Å². The normalized spacial score (nSPS) is 16.1. The first-order chi connectivity index (χ1) is 9.48. The molecule has 0 fully saturated rings. The Kier molecular flexibility index (Phi) is 3.62. The highest BCUT2D eigenvalue weighted by Gasteiger charge is 2.30. The van der Waals surface area contributed by atoms with E-state index in [1.165, 1.54) is 15.6 Å². The molecule has 2 aromatic rings. The fraction of sp³-hybridized carbons (Fsp3) is 0.231. The average molecular weight is 373 g/mol. The summed E-state index contributed by atoms with van der Waals surface area (Å²) in [5, 5.41) is 0. The number of fused-ring (bicyclic) bond motifs is 1. The highest BCUT2D eigenvalue weighted by Crippen LogP contribution is 2.32. The summed E-state index contributed by atoms with van der Waals surface area (Å²) in [4.78, 5) is 0. The van der Waals surface area contributed by atoms with Crippen LogP contribution in [-0.4, -0.2) is 19.3 Å². The zero-order chi connectivity index (χ0) is 14.3. The van der Waals surface area contributed by atoms with Crippen LogP contribution in [0.2, 0.25) is 0 Å². The second-order valence-electron chi connectivity index (χ2n) is 4.63. The lowest BCUT2D eigenvalue weighted by Crippen LogP contribution is -2.36. The fourth-order valence-electron chi connectivity index (χ4n) is 2.35. The highest BCUT2D eigenvalue weighted by atomic mass is 79.9. The SMILES string of the molecule is Nc1cccc2c1CN(S(=O)(=O)c1ccc(Br)s1)CC2. The van der Waals surface area contributed by atoms with E-state index in [2.05, 4.69) is 15.9 Å². The van der Waals surface area contributed by atoms with Gasteiger partial charge in [-0.25, -0.2) is 8.42 Å². The van der Waals surface area contributed by atoms with Gasteiger partial charge in [-0.1, -0.05) is 12.1 Å². The number of thiophene rings is 1. The number of hydrogen-bond donors (Lipinski definition) is 1.